The van der Waals surface area contributed by atoms with E-state index in [1.807, 2.05) is 6.07 Å². The monoisotopic (exact) mass is 208 g/mol. The van der Waals surface area contributed by atoms with E-state index in [-0.39, 0.29) is 0 Å². The van der Waals surface area contributed by atoms with Crippen molar-refractivity contribution in [2.45, 2.75) is 25.8 Å². The van der Waals surface area contributed by atoms with E-state index >= 15 is 0 Å². The average molecular weight is 208 g/mol. The zero-order valence-electron chi connectivity index (χ0n) is 9.57. The van der Waals surface area contributed by atoms with Gasteiger partial charge in [-0.1, -0.05) is 0 Å². The Labute approximate surface area is 91.2 Å². The fourth-order valence-electron chi connectivity index (χ4n) is 2.61. The second-order valence-corrected chi connectivity index (χ2v) is 4.53. The fourth-order valence-corrected chi connectivity index (χ4v) is 2.61. The molecule has 84 valence electrons. The first-order chi connectivity index (χ1) is 7.24. The maximum Gasteiger partial charge on any atom is 0.124 e. The lowest BCUT2D eigenvalue weighted by molar-refractivity contribution is 0.106. The van der Waals surface area contributed by atoms with Crippen molar-refractivity contribution in [3.8, 4) is 0 Å². The van der Waals surface area contributed by atoms with Gasteiger partial charge in [-0.15, -0.1) is 0 Å². The summed E-state index contributed by atoms with van der Waals surface area (Å²) in [5.74, 6) is 1.64. The Kier molecular flexibility index (Phi) is 3.12. The summed E-state index contributed by atoms with van der Waals surface area (Å²) in [5.41, 5.74) is 7.09. The molecule has 1 saturated heterocycles. The zero-order chi connectivity index (χ0) is 10.8. The topological polar surface area (TPSA) is 42.4 Å². The molecule has 0 amide bonds. The van der Waals surface area contributed by atoms with Gasteiger partial charge >= 0.3 is 0 Å². The highest BCUT2D eigenvalue weighted by Crippen LogP contribution is 2.36. The highest BCUT2D eigenvalue weighted by Gasteiger charge is 2.32. The van der Waals surface area contributed by atoms with Crippen LogP contribution in [0.15, 0.2) is 16.7 Å². The molecule has 3 heteroatoms. The first-order valence-corrected chi connectivity index (χ1v) is 5.68. The van der Waals surface area contributed by atoms with Crippen molar-refractivity contribution in [3.05, 3.63) is 23.7 Å². The molecule has 1 aromatic rings. The number of nitrogens with two attached hydrogens (primary N) is 1. The number of furan rings is 1. The van der Waals surface area contributed by atoms with Gasteiger partial charge in [0.15, 0.2) is 0 Å². The molecule has 0 aromatic carbocycles. The minimum absolute atomic E-state index is 0.374. The fraction of sp³-hybridized carbons (Fsp3) is 0.667. The summed E-state index contributed by atoms with van der Waals surface area (Å²) in [5, 5.41) is 0. The van der Waals surface area contributed by atoms with Crippen LogP contribution < -0.4 is 5.73 Å². The molecule has 0 bridgehead atoms. The van der Waals surface area contributed by atoms with Gasteiger partial charge in [0.2, 0.25) is 0 Å². The first-order valence-electron chi connectivity index (χ1n) is 5.68. The summed E-state index contributed by atoms with van der Waals surface area (Å²) < 4.78 is 5.61. The van der Waals surface area contributed by atoms with E-state index in [0.29, 0.717) is 12.0 Å². The van der Waals surface area contributed by atoms with E-state index in [9.17, 15) is 0 Å². The molecule has 2 heterocycles. The molecule has 2 N–H and O–H groups in total. The van der Waals surface area contributed by atoms with Gasteiger partial charge in [-0.25, -0.2) is 0 Å². The van der Waals surface area contributed by atoms with Gasteiger partial charge in [0.25, 0.3) is 0 Å². The number of aryl methyl sites for hydroxylation is 1. The van der Waals surface area contributed by atoms with Crippen molar-refractivity contribution in [1.82, 2.24) is 4.90 Å². The van der Waals surface area contributed by atoms with E-state index in [0.717, 1.165) is 18.8 Å². The first kappa shape index (κ1) is 10.7. The lowest BCUT2D eigenvalue weighted by Gasteiger charge is -2.37. The SMILES string of the molecule is Cc1ccoc1C1C(CN)CCCN1C. The van der Waals surface area contributed by atoms with Crippen LogP contribution in [0.25, 0.3) is 0 Å². The summed E-state index contributed by atoms with van der Waals surface area (Å²) in [6.07, 6.45) is 4.24. The quantitative estimate of drug-likeness (QED) is 0.807. The molecule has 1 aliphatic rings. The normalized spacial score (nSPS) is 28.2. The maximum atomic E-state index is 5.84. The van der Waals surface area contributed by atoms with Crippen molar-refractivity contribution in [2.75, 3.05) is 20.1 Å². The summed E-state index contributed by atoms with van der Waals surface area (Å²) in [4.78, 5) is 2.37. The average Bonchev–Trinajstić information content (AvgIpc) is 2.64. The predicted octanol–water partition coefficient (Wildman–Crippen LogP) is 1.93. The number of piperidine rings is 1. The molecule has 1 aliphatic heterocycles. The minimum atomic E-state index is 0.374. The van der Waals surface area contributed by atoms with Crippen LogP contribution in [0.2, 0.25) is 0 Å². The highest BCUT2D eigenvalue weighted by molar-refractivity contribution is 5.19. The molecule has 0 saturated carbocycles. The van der Waals surface area contributed by atoms with Gasteiger partial charge in [0.1, 0.15) is 5.76 Å². The van der Waals surface area contributed by atoms with Crippen molar-refractivity contribution in [2.24, 2.45) is 11.7 Å². The van der Waals surface area contributed by atoms with E-state index in [1.54, 1.807) is 6.26 Å². The summed E-state index contributed by atoms with van der Waals surface area (Å²) in [6, 6.07) is 2.41. The Bertz CT molecular complexity index is 321. The van der Waals surface area contributed by atoms with Crippen LogP contribution in [-0.2, 0) is 0 Å². The molecular weight excluding hydrogens is 188 g/mol. The molecule has 0 aliphatic carbocycles. The molecule has 0 radical (unpaired) electrons. The lowest BCUT2D eigenvalue weighted by Crippen LogP contribution is -2.39. The van der Waals surface area contributed by atoms with Crippen molar-refractivity contribution in [1.29, 1.82) is 0 Å². The predicted molar refractivity (Wildman–Crippen MR) is 60.6 cm³/mol. The number of likely N-dealkylation sites (tertiary alicyclic amines) is 1. The van der Waals surface area contributed by atoms with Crippen molar-refractivity contribution < 1.29 is 4.42 Å². The lowest BCUT2D eigenvalue weighted by atomic mass is 9.87. The molecule has 2 rings (SSSR count). The second kappa shape index (κ2) is 4.37. The van der Waals surface area contributed by atoms with Crippen LogP contribution in [0.3, 0.4) is 0 Å². The van der Waals surface area contributed by atoms with Crippen molar-refractivity contribution in [3.63, 3.8) is 0 Å². The summed E-state index contributed by atoms with van der Waals surface area (Å²) in [7, 11) is 2.16. The molecule has 3 nitrogen and oxygen atoms in total. The van der Waals surface area contributed by atoms with Gasteiger partial charge < -0.3 is 10.2 Å². The second-order valence-electron chi connectivity index (χ2n) is 4.53. The molecule has 0 spiro atoms. The molecule has 15 heavy (non-hydrogen) atoms. The van der Waals surface area contributed by atoms with E-state index in [4.69, 9.17) is 10.2 Å². The Morgan fingerprint density at radius 2 is 2.40 bits per heavy atom. The van der Waals surface area contributed by atoms with Gasteiger partial charge in [0, 0.05) is 0 Å². The van der Waals surface area contributed by atoms with Gasteiger partial charge in [-0.3, -0.25) is 4.90 Å². The number of hydrogen-bond acceptors (Lipinski definition) is 3. The van der Waals surface area contributed by atoms with Crippen LogP contribution in [0.5, 0.6) is 0 Å². The standard InChI is InChI=1S/C12H20N2O/c1-9-5-7-15-12(9)11-10(8-13)4-3-6-14(11)2/h5,7,10-11H,3-4,6,8,13H2,1-2H3. The van der Waals surface area contributed by atoms with Gasteiger partial charge in [0.05, 0.1) is 12.3 Å². The highest BCUT2D eigenvalue weighted by atomic mass is 16.3. The summed E-state index contributed by atoms with van der Waals surface area (Å²) in [6.45, 7) is 3.99. The third kappa shape index (κ3) is 1.94. The Morgan fingerprint density at radius 3 is 3.00 bits per heavy atom. The Balaban J connectivity index is 2.27. The molecule has 1 aromatic heterocycles. The van der Waals surface area contributed by atoms with E-state index in [2.05, 4.69) is 18.9 Å². The van der Waals surface area contributed by atoms with Crippen LogP contribution in [-0.4, -0.2) is 25.0 Å². The smallest absolute Gasteiger partial charge is 0.124 e. The van der Waals surface area contributed by atoms with E-state index < -0.39 is 0 Å². The number of rotatable bonds is 2. The number of nitrogens with zero attached hydrogens (tertiary/aromatic N) is 1. The van der Waals surface area contributed by atoms with Gasteiger partial charge in [-0.05, 0) is 57.5 Å². The Hall–Kier alpha value is -0.800. The largest absolute Gasteiger partial charge is 0.467 e. The molecule has 2 atom stereocenters. The van der Waals surface area contributed by atoms with Crippen LogP contribution in [0.4, 0.5) is 0 Å². The van der Waals surface area contributed by atoms with Crippen LogP contribution in [0, 0.1) is 12.8 Å². The van der Waals surface area contributed by atoms with Gasteiger partial charge in [-0.2, -0.15) is 0 Å². The van der Waals surface area contributed by atoms with Crippen LogP contribution >= 0.6 is 0 Å². The molecule has 2 unspecified atom stereocenters. The van der Waals surface area contributed by atoms with Crippen LogP contribution in [0.1, 0.15) is 30.2 Å². The zero-order valence-corrected chi connectivity index (χ0v) is 9.57. The third-order valence-electron chi connectivity index (χ3n) is 3.48. The minimum Gasteiger partial charge on any atom is -0.467 e. The third-order valence-corrected chi connectivity index (χ3v) is 3.48. The van der Waals surface area contributed by atoms with E-state index in [1.165, 1.54) is 18.4 Å². The molecule has 1 fully saturated rings. The number of hydrogen-bond donors (Lipinski definition) is 1. The van der Waals surface area contributed by atoms with Crippen molar-refractivity contribution >= 4 is 0 Å². The summed E-state index contributed by atoms with van der Waals surface area (Å²) >= 11 is 0. The maximum absolute atomic E-state index is 5.84. The molecular formula is C12H20N2O. The Morgan fingerprint density at radius 1 is 1.60 bits per heavy atom.